The van der Waals surface area contributed by atoms with Gasteiger partial charge >= 0.3 is 5.97 Å². The van der Waals surface area contributed by atoms with E-state index in [1.165, 1.54) is 11.0 Å². The molecule has 0 bridgehead atoms. The molecule has 1 saturated heterocycles. The van der Waals surface area contributed by atoms with Gasteiger partial charge in [0.25, 0.3) is 0 Å². The first-order chi connectivity index (χ1) is 11.0. The first-order valence-electron chi connectivity index (χ1n) is 7.17. The molecule has 0 radical (unpaired) electrons. The smallest absolute Gasteiger partial charge is 0.328 e. The van der Waals surface area contributed by atoms with Crippen molar-refractivity contribution in [3.05, 3.63) is 29.8 Å². The summed E-state index contributed by atoms with van der Waals surface area (Å²) in [4.78, 5) is 24.4. The number of carboxylic acids is 1. The number of nitrogens with zero attached hydrogens (tertiary/aromatic N) is 1. The van der Waals surface area contributed by atoms with Crippen LogP contribution in [0.3, 0.4) is 0 Å². The zero-order valence-corrected chi connectivity index (χ0v) is 12.3. The van der Waals surface area contributed by atoms with Crippen molar-refractivity contribution in [2.45, 2.75) is 18.9 Å². The van der Waals surface area contributed by atoms with Crippen molar-refractivity contribution in [1.82, 2.24) is 4.90 Å². The van der Waals surface area contributed by atoms with Crippen LogP contribution in [-0.2, 0) is 14.3 Å². The Labute approximate surface area is 131 Å². The minimum Gasteiger partial charge on any atom is -0.491 e. The van der Waals surface area contributed by atoms with Crippen molar-refractivity contribution in [2.24, 2.45) is 0 Å². The summed E-state index contributed by atoms with van der Waals surface area (Å²) in [6.07, 6.45) is 0.367. The van der Waals surface area contributed by atoms with E-state index < -0.39 is 23.6 Å². The van der Waals surface area contributed by atoms with Crippen LogP contribution in [0, 0.1) is 11.6 Å². The van der Waals surface area contributed by atoms with E-state index in [-0.39, 0.29) is 37.8 Å². The fraction of sp³-hybridized carbons (Fsp3) is 0.467. The largest absolute Gasteiger partial charge is 0.491 e. The van der Waals surface area contributed by atoms with E-state index in [0.717, 1.165) is 6.07 Å². The molecule has 0 unspecified atom stereocenters. The summed E-state index contributed by atoms with van der Waals surface area (Å²) in [5, 5.41) is 9.06. The van der Waals surface area contributed by atoms with E-state index in [2.05, 4.69) is 0 Å². The van der Waals surface area contributed by atoms with Crippen LogP contribution in [0.5, 0.6) is 5.75 Å². The van der Waals surface area contributed by atoms with E-state index in [9.17, 15) is 18.4 Å². The molecule has 1 heterocycles. The van der Waals surface area contributed by atoms with Gasteiger partial charge in [-0.3, -0.25) is 4.79 Å². The molecule has 1 amide bonds. The number of carbonyl (C=O) groups excluding carboxylic acids is 1. The van der Waals surface area contributed by atoms with Crippen molar-refractivity contribution in [3.63, 3.8) is 0 Å². The van der Waals surface area contributed by atoms with Crippen LogP contribution in [-0.4, -0.2) is 54.3 Å². The van der Waals surface area contributed by atoms with Crippen LogP contribution in [0.15, 0.2) is 18.2 Å². The number of rotatable bonds is 6. The number of hydrogen-bond donors (Lipinski definition) is 1. The van der Waals surface area contributed by atoms with Gasteiger partial charge in [0.05, 0.1) is 19.8 Å². The minimum atomic E-state index is -1.11. The quantitative estimate of drug-likeness (QED) is 0.799. The van der Waals surface area contributed by atoms with E-state index >= 15 is 0 Å². The summed E-state index contributed by atoms with van der Waals surface area (Å²) in [5.41, 5.74) is 0. The average Bonchev–Trinajstić information content (AvgIpc) is 2.53. The fourth-order valence-electron chi connectivity index (χ4n) is 2.25. The SMILES string of the molecule is O=C(O)[C@@H]1COCCN1C(=O)CCCOc1ccc(F)cc1F. The fourth-order valence-corrected chi connectivity index (χ4v) is 2.25. The third-order valence-electron chi connectivity index (χ3n) is 3.42. The van der Waals surface area contributed by atoms with Gasteiger partial charge in [0, 0.05) is 19.0 Å². The first-order valence-corrected chi connectivity index (χ1v) is 7.17. The van der Waals surface area contributed by atoms with Crippen molar-refractivity contribution in [1.29, 1.82) is 0 Å². The Hall–Kier alpha value is -2.22. The van der Waals surface area contributed by atoms with E-state index in [1.54, 1.807) is 0 Å². The van der Waals surface area contributed by atoms with Gasteiger partial charge in [-0.15, -0.1) is 0 Å². The summed E-state index contributed by atoms with van der Waals surface area (Å²) < 4.78 is 36.3. The molecule has 0 aliphatic carbocycles. The highest BCUT2D eigenvalue weighted by Crippen LogP contribution is 2.18. The Morgan fingerprint density at radius 2 is 2.17 bits per heavy atom. The molecule has 1 N–H and O–H groups in total. The normalized spacial score (nSPS) is 17.8. The molecule has 126 valence electrons. The molecular formula is C15H17F2NO5. The highest BCUT2D eigenvalue weighted by molar-refractivity contribution is 5.83. The zero-order valence-electron chi connectivity index (χ0n) is 12.3. The third-order valence-corrected chi connectivity index (χ3v) is 3.42. The number of benzene rings is 1. The number of ether oxygens (including phenoxy) is 2. The number of aliphatic carboxylic acids is 1. The van der Waals surface area contributed by atoms with Gasteiger partial charge in [0.1, 0.15) is 5.82 Å². The molecule has 1 fully saturated rings. The molecule has 1 aromatic carbocycles. The predicted octanol–water partition coefficient (Wildman–Crippen LogP) is 1.44. The summed E-state index contributed by atoms with van der Waals surface area (Å²) in [6, 6.07) is 1.99. The summed E-state index contributed by atoms with van der Waals surface area (Å²) >= 11 is 0. The van der Waals surface area contributed by atoms with Crippen LogP contribution in [0.25, 0.3) is 0 Å². The van der Waals surface area contributed by atoms with Crippen LogP contribution < -0.4 is 4.74 Å². The molecule has 1 aliphatic heterocycles. The number of carboxylic acid groups (broad SMARTS) is 1. The maximum absolute atomic E-state index is 13.3. The summed E-state index contributed by atoms with van der Waals surface area (Å²) in [6.45, 7) is 0.560. The molecule has 0 spiro atoms. The molecule has 1 aromatic rings. The topological polar surface area (TPSA) is 76.1 Å². The number of halogens is 2. The predicted molar refractivity (Wildman–Crippen MR) is 75.0 cm³/mol. The van der Waals surface area contributed by atoms with Crippen molar-refractivity contribution >= 4 is 11.9 Å². The Bertz CT molecular complexity index is 581. The average molecular weight is 329 g/mol. The lowest BCUT2D eigenvalue weighted by Crippen LogP contribution is -2.52. The number of morpholine rings is 1. The maximum Gasteiger partial charge on any atom is 0.328 e. The molecule has 2 rings (SSSR count). The zero-order chi connectivity index (χ0) is 16.8. The van der Waals surface area contributed by atoms with Gasteiger partial charge in [-0.1, -0.05) is 0 Å². The van der Waals surface area contributed by atoms with Gasteiger partial charge in [0.2, 0.25) is 5.91 Å². The summed E-state index contributed by atoms with van der Waals surface area (Å²) in [7, 11) is 0. The van der Waals surface area contributed by atoms with Gasteiger partial charge in [-0.2, -0.15) is 0 Å². The Morgan fingerprint density at radius 1 is 1.39 bits per heavy atom. The van der Waals surface area contributed by atoms with Crippen LogP contribution in [0.1, 0.15) is 12.8 Å². The van der Waals surface area contributed by atoms with Crippen molar-refractivity contribution in [3.8, 4) is 5.75 Å². The summed E-state index contributed by atoms with van der Waals surface area (Å²) in [5.74, 6) is -3.02. The van der Waals surface area contributed by atoms with Crippen LogP contribution in [0.2, 0.25) is 0 Å². The van der Waals surface area contributed by atoms with Gasteiger partial charge in [-0.05, 0) is 18.6 Å². The molecule has 6 nitrogen and oxygen atoms in total. The van der Waals surface area contributed by atoms with E-state index in [1.807, 2.05) is 0 Å². The molecule has 1 atom stereocenters. The molecule has 0 aromatic heterocycles. The number of hydrogen-bond acceptors (Lipinski definition) is 4. The van der Waals surface area contributed by atoms with Crippen molar-refractivity contribution < 1.29 is 33.0 Å². The Morgan fingerprint density at radius 3 is 2.87 bits per heavy atom. The lowest BCUT2D eigenvalue weighted by Gasteiger charge is -2.32. The van der Waals surface area contributed by atoms with Gasteiger partial charge in [-0.25, -0.2) is 13.6 Å². The molecular weight excluding hydrogens is 312 g/mol. The standard InChI is InChI=1S/C15H17F2NO5/c16-10-3-4-13(11(17)8-10)23-6-1-2-14(19)18-5-7-22-9-12(18)15(20)21/h3-4,8,12H,1-2,5-7,9H2,(H,20,21)/t12-/m0/s1. The lowest BCUT2D eigenvalue weighted by atomic mass is 10.2. The number of amides is 1. The van der Waals surface area contributed by atoms with Gasteiger partial charge < -0.3 is 19.5 Å². The second kappa shape index (κ2) is 7.87. The monoisotopic (exact) mass is 329 g/mol. The number of carbonyl (C=O) groups is 2. The molecule has 0 saturated carbocycles. The van der Waals surface area contributed by atoms with E-state index in [0.29, 0.717) is 19.1 Å². The second-order valence-corrected chi connectivity index (χ2v) is 5.04. The first kappa shape index (κ1) is 17.1. The second-order valence-electron chi connectivity index (χ2n) is 5.04. The highest BCUT2D eigenvalue weighted by atomic mass is 19.1. The van der Waals surface area contributed by atoms with E-state index in [4.69, 9.17) is 14.6 Å². The molecule has 8 heteroatoms. The van der Waals surface area contributed by atoms with Gasteiger partial charge in [0.15, 0.2) is 17.6 Å². The van der Waals surface area contributed by atoms with Crippen LogP contribution >= 0.6 is 0 Å². The minimum absolute atomic E-state index is 0.0294. The molecule has 1 aliphatic rings. The third kappa shape index (κ3) is 4.62. The lowest BCUT2D eigenvalue weighted by molar-refractivity contribution is -0.158. The van der Waals surface area contributed by atoms with Crippen molar-refractivity contribution in [2.75, 3.05) is 26.4 Å². The highest BCUT2D eigenvalue weighted by Gasteiger charge is 2.32. The molecule has 23 heavy (non-hydrogen) atoms. The Kier molecular flexibility index (Phi) is 5.86. The maximum atomic E-state index is 13.3. The Balaban J connectivity index is 1.79. The van der Waals surface area contributed by atoms with Crippen LogP contribution in [0.4, 0.5) is 8.78 Å².